The third-order valence-electron chi connectivity index (χ3n) is 1.97. The van der Waals surface area contributed by atoms with Crippen LogP contribution in [0.2, 0.25) is 0 Å². The molecule has 16 heavy (non-hydrogen) atoms. The van der Waals surface area contributed by atoms with Crippen molar-refractivity contribution in [3.63, 3.8) is 0 Å². The molecule has 1 rings (SSSR count). The van der Waals surface area contributed by atoms with Crippen molar-refractivity contribution in [2.24, 2.45) is 0 Å². The predicted molar refractivity (Wildman–Crippen MR) is 47.7 cm³/mol. The average Bonchev–Trinajstić information content (AvgIpc) is 2.26. The summed E-state index contributed by atoms with van der Waals surface area (Å²) < 4.78 is 54.0. The lowest BCUT2D eigenvalue weighted by Gasteiger charge is -2.24. The van der Waals surface area contributed by atoms with Gasteiger partial charge in [-0.25, -0.2) is 0 Å². The van der Waals surface area contributed by atoms with Crippen molar-refractivity contribution in [2.45, 2.75) is 12.0 Å². The van der Waals surface area contributed by atoms with Gasteiger partial charge in [-0.3, -0.25) is 4.79 Å². The summed E-state index contributed by atoms with van der Waals surface area (Å²) in [7, 11) is 0.494. The van der Waals surface area contributed by atoms with E-state index < -0.39 is 23.4 Å². The largest absolute Gasteiger partial charge is 0.456 e. The molecule has 1 atom stereocenters. The molecule has 6 heteroatoms. The fourth-order valence-electron chi connectivity index (χ4n) is 1.11. The Morgan fingerprint density at radius 2 is 1.62 bits per heavy atom. The van der Waals surface area contributed by atoms with Crippen molar-refractivity contribution < 1.29 is 27.1 Å². The Morgan fingerprint density at radius 3 is 2.00 bits per heavy atom. The van der Waals surface area contributed by atoms with Gasteiger partial charge in [-0.15, -0.1) is 0 Å². The molecule has 0 amide bonds. The standard InChI is InChI=1S/C10H8F4O2/c1-16-9(11,10(12,13)14)8(15)7-5-3-2-4-6-7/h2-6H,1H3. The fourth-order valence-corrected chi connectivity index (χ4v) is 1.11. The van der Waals surface area contributed by atoms with E-state index in [1.54, 1.807) is 0 Å². The number of ketones is 1. The highest BCUT2D eigenvalue weighted by molar-refractivity contribution is 6.02. The maximum atomic E-state index is 13.4. The molecule has 1 unspecified atom stereocenters. The number of ether oxygens (including phenoxy) is 1. The van der Waals surface area contributed by atoms with Crippen molar-refractivity contribution in [3.05, 3.63) is 35.9 Å². The molecule has 0 radical (unpaired) electrons. The number of hydrogen-bond donors (Lipinski definition) is 0. The van der Waals surface area contributed by atoms with E-state index in [-0.39, 0.29) is 0 Å². The molecule has 0 saturated heterocycles. The molecule has 0 aliphatic rings. The summed E-state index contributed by atoms with van der Waals surface area (Å²) in [6.45, 7) is 0. The van der Waals surface area contributed by atoms with Crippen molar-refractivity contribution in [1.29, 1.82) is 0 Å². The predicted octanol–water partition coefficient (Wildman–Crippen LogP) is 2.74. The number of carbonyl (C=O) groups is 1. The number of methoxy groups -OCH3 is 1. The first kappa shape index (κ1) is 12.6. The van der Waals surface area contributed by atoms with Crippen LogP contribution in [0.25, 0.3) is 0 Å². The van der Waals surface area contributed by atoms with Gasteiger partial charge in [-0.2, -0.15) is 17.6 Å². The van der Waals surface area contributed by atoms with Crippen LogP contribution in [0.15, 0.2) is 30.3 Å². The molecular weight excluding hydrogens is 228 g/mol. The van der Waals surface area contributed by atoms with Gasteiger partial charge in [0.2, 0.25) is 5.78 Å². The number of benzene rings is 1. The first-order valence-electron chi connectivity index (χ1n) is 4.23. The van der Waals surface area contributed by atoms with E-state index in [2.05, 4.69) is 4.74 Å². The van der Waals surface area contributed by atoms with Crippen LogP contribution in [0.5, 0.6) is 0 Å². The maximum absolute atomic E-state index is 13.4. The lowest BCUT2D eigenvalue weighted by Crippen LogP contribution is -2.49. The van der Waals surface area contributed by atoms with Crippen LogP contribution in [-0.2, 0) is 4.74 Å². The zero-order chi connectivity index (χ0) is 12.4. The summed E-state index contributed by atoms with van der Waals surface area (Å²) in [6, 6.07) is 6.33. The van der Waals surface area contributed by atoms with Crippen LogP contribution < -0.4 is 0 Å². The lowest BCUT2D eigenvalue weighted by molar-refractivity contribution is -0.296. The molecule has 0 aromatic heterocycles. The molecule has 0 fully saturated rings. The molecule has 0 saturated carbocycles. The summed E-state index contributed by atoms with van der Waals surface area (Å²) in [4.78, 5) is 11.3. The van der Waals surface area contributed by atoms with Gasteiger partial charge in [0.25, 0.3) is 0 Å². The number of hydrogen-bond acceptors (Lipinski definition) is 2. The summed E-state index contributed by atoms with van der Waals surface area (Å²) in [5.41, 5.74) is -0.399. The zero-order valence-electron chi connectivity index (χ0n) is 8.22. The van der Waals surface area contributed by atoms with Crippen LogP contribution in [0.4, 0.5) is 17.6 Å². The summed E-state index contributed by atoms with van der Waals surface area (Å²) in [6.07, 6.45) is -5.41. The summed E-state index contributed by atoms with van der Waals surface area (Å²) in [5, 5.41) is 0. The molecule has 0 N–H and O–H groups in total. The zero-order valence-corrected chi connectivity index (χ0v) is 8.22. The van der Waals surface area contributed by atoms with E-state index in [1.165, 1.54) is 18.2 Å². The van der Waals surface area contributed by atoms with Crippen molar-refractivity contribution in [1.82, 2.24) is 0 Å². The van der Waals surface area contributed by atoms with Crippen molar-refractivity contribution in [3.8, 4) is 0 Å². The van der Waals surface area contributed by atoms with E-state index in [4.69, 9.17) is 0 Å². The van der Waals surface area contributed by atoms with Crippen LogP contribution in [-0.4, -0.2) is 24.9 Å². The molecule has 1 aromatic carbocycles. The van der Waals surface area contributed by atoms with Gasteiger partial charge in [-0.1, -0.05) is 30.3 Å². The highest BCUT2D eigenvalue weighted by atomic mass is 19.4. The smallest absolute Gasteiger partial charge is 0.336 e. The Bertz CT molecular complexity index is 374. The quantitative estimate of drug-likeness (QED) is 0.595. The monoisotopic (exact) mass is 236 g/mol. The van der Waals surface area contributed by atoms with E-state index in [1.807, 2.05) is 0 Å². The first-order valence-corrected chi connectivity index (χ1v) is 4.23. The molecule has 0 aliphatic carbocycles. The van der Waals surface area contributed by atoms with Crippen LogP contribution in [0.3, 0.4) is 0 Å². The Labute approximate surface area is 88.8 Å². The van der Waals surface area contributed by atoms with Gasteiger partial charge in [0, 0.05) is 12.7 Å². The number of Topliss-reactive ketones (excluding diaryl/α,β-unsaturated/α-hetero) is 1. The van der Waals surface area contributed by atoms with Gasteiger partial charge in [0.1, 0.15) is 0 Å². The van der Waals surface area contributed by atoms with E-state index in [9.17, 15) is 22.4 Å². The van der Waals surface area contributed by atoms with Crippen molar-refractivity contribution >= 4 is 5.78 Å². The molecule has 88 valence electrons. The molecule has 0 bridgehead atoms. The fraction of sp³-hybridized carbons (Fsp3) is 0.300. The van der Waals surface area contributed by atoms with E-state index in [0.29, 0.717) is 7.11 Å². The number of rotatable bonds is 3. The average molecular weight is 236 g/mol. The second kappa shape index (κ2) is 4.21. The Balaban J connectivity index is 3.13. The van der Waals surface area contributed by atoms with Crippen molar-refractivity contribution in [2.75, 3.05) is 7.11 Å². The maximum Gasteiger partial charge on any atom is 0.456 e. The molecule has 0 spiro atoms. The number of carbonyl (C=O) groups excluding carboxylic acids is 1. The van der Waals surface area contributed by atoms with Gasteiger partial charge >= 0.3 is 12.0 Å². The van der Waals surface area contributed by atoms with Gasteiger partial charge < -0.3 is 4.74 Å². The molecule has 0 heterocycles. The SMILES string of the molecule is COC(F)(C(=O)c1ccccc1)C(F)(F)F. The van der Waals surface area contributed by atoms with Gasteiger partial charge in [0.05, 0.1) is 0 Å². The minimum absolute atomic E-state index is 0.399. The minimum Gasteiger partial charge on any atom is -0.336 e. The Hall–Kier alpha value is -1.43. The summed E-state index contributed by atoms with van der Waals surface area (Å²) >= 11 is 0. The third-order valence-corrected chi connectivity index (χ3v) is 1.97. The molecule has 2 nitrogen and oxygen atoms in total. The number of alkyl halides is 4. The topological polar surface area (TPSA) is 26.3 Å². The normalized spacial score (nSPS) is 15.6. The third kappa shape index (κ3) is 2.06. The van der Waals surface area contributed by atoms with Crippen LogP contribution in [0.1, 0.15) is 10.4 Å². The Morgan fingerprint density at radius 1 is 1.12 bits per heavy atom. The second-order valence-corrected chi connectivity index (χ2v) is 2.99. The number of halogens is 4. The first-order chi connectivity index (χ1) is 7.33. The second-order valence-electron chi connectivity index (χ2n) is 2.99. The van der Waals surface area contributed by atoms with Crippen LogP contribution >= 0.6 is 0 Å². The van der Waals surface area contributed by atoms with Gasteiger partial charge in [-0.05, 0) is 0 Å². The Kier molecular flexibility index (Phi) is 3.32. The molecule has 1 aromatic rings. The highest BCUT2D eigenvalue weighted by Crippen LogP contribution is 2.37. The summed E-state index contributed by atoms with van der Waals surface area (Å²) in [5.74, 6) is -6.06. The molecule has 0 aliphatic heterocycles. The minimum atomic E-state index is -5.41. The lowest BCUT2D eigenvalue weighted by atomic mass is 10.0. The van der Waals surface area contributed by atoms with Crippen LogP contribution in [0, 0.1) is 0 Å². The highest BCUT2D eigenvalue weighted by Gasteiger charge is 2.62. The van der Waals surface area contributed by atoms with E-state index >= 15 is 0 Å². The van der Waals surface area contributed by atoms with Gasteiger partial charge in [0.15, 0.2) is 0 Å². The molecular formula is C10H8F4O2. The van der Waals surface area contributed by atoms with E-state index in [0.717, 1.165) is 12.1 Å².